The summed E-state index contributed by atoms with van der Waals surface area (Å²) in [6.07, 6.45) is 5.82. The average Bonchev–Trinajstić information content (AvgIpc) is 3.09. The van der Waals surface area contributed by atoms with Crippen molar-refractivity contribution in [2.24, 2.45) is 0 Å². The van der Waals surface area contributed by atoms with E-state index in [-0.39, 0.29) is 11.7 Å². The van der Waals surface area contributed by atoms with Crippen LogP contribution in [0.25, 0.3) is 5.69 Å². The van der Waals surface area contributed by atoms with Crippen molar-refractivity contribution in [1.82, 2.24) is 14.7 Å². The average molecular weight is 435 g/mol. The lowest BCUT2D eigenvalue weighted by atomic mass is 9.93. The fourth-order valence-corrected chi connectivity index (χ4v) is 4.59. The first-order valence-electron chi connectivity index (χ1n) is 11.4. The third kappa shape index (κ3) is 5.25. The van der Waals surface area contributed by atoms with Crippen molar-refractivity contribution in [2.75, 3.05) is 11.9 Å². The summed E-state index contributed by atoms with van der Waals surface area (Å²) in [6, 6.07) is 16.9. The molecule has 0 bridgehead atoms. The van der Waals surface area contributed by atoms with Gasteiger partial charge in [0.25, 0.3) is 0 Å². The van der Waals surface area contributed by atoms with Crippen LogP contribution in [0, 0.1) is 19.7 Å². The number of nitrogens with zero attached hydrogens (tertiary/aromatic N) is 3. The molecule has 1 fully saturated rings. The van der Waals surface area contributed by atoms with Crippen LogP contribution in [-0.4, -0.2) is 33.2 Å². The molecule has 1 saturated carbocycles. The van der Waals surface area contributed by atoms with Gasteiger partial charge in [-0.15, -0.1) is 0 Å². The Hall–Kier alpha value is -2.99. The second-order valence-corrected chi connectivity index (χ2v) is 8.66. The van der Waals surface area contributed by atoms with E-state index in [1.165, 1.54) is 31.4 Å². The van der Waals surface area contributed by atoms with Gasteiger partial charge in [0, 0.05) is 12.6 Å². The van der Waals surface area contributed by atoms with Crippen molar-refractivity contribution >= 4 is 11.6 Å². The second-order valence-electron chi connectivity index (χ2n) is 8.66. The smallest absolute Gasteiger partial charge is 0.238 e. The van der Waals surface area contributed by atoms with E-state index in [2.05, 4.69) is 15.3 Å². The Morgan fingerprint density at radius 2 is 1.75 bits per heavy atom. The van der Waals surface area contributed by atoms with E-state index in [9.17, 15) is 9.18 Å². The fourth-order valence-electron chi connectivity index (χ4n) is 4.59. The maximum Gasteiger partial charge on any atom is 0.238 e. The number of halogens is 1. The fraction of sp³-hybridized carbons (Fsp3) is 0.385. The molecule has 3 aromatic rings. The molecule has 0 radical (unpaired) electrons. The number of hydrogen-bond acceptors (Lipinski definition) is 3. The number of rotatable bonds is 7. The van der Waals surface area contributed by atoms with Gasteiger partial charge in [-0.3, -0.25) is 9.69 Å². The van der Waals surface area contributed by atoms with Gasteiger partial charge in [0.2, 0.25) is 5.91 Å². The third-order valence-corrected chi connectivity index (χ3v) is 6.29. The summed E-state index contributed by atoms with van der Waals surface area (Å²) in [7, 11) is 0. The number of amides is 1. The summed E-state index contributed by atoms with van der Waals surface area (Å²) in [5.74, 6) is -0.284. The van der Waals surface area contributed by atoms with Crippen molar-refractivity contribution in [3.63, 3.8) is 0 Å². The largest absolute Gasteiger partial charge is 0.322 e. The zero-order valence-corrected chi connectivity index (χ0v) is 18.9. The van der Waals surface area contributed by atoms with Gasteiger partial charge in [0.15, 0.2) is 0 Å². The summed E-state index contributed by atoms with van der Waals surface area (Å²) < 4.78 is 15.2. The highest BCUT2D eigenvalue weighted by Crippen LogP contribution is 2.26. The highest BCUT2D eigenvalue weighted by Gasteiger charge is 2.24. The van der Waals surface area contributed by atoms with Gasteiger partial charge >= 0.3 is 0 Å². The Morgan fingerprint density at radius 3 is 2.44 bits per heavy atom. The number of aryl methyl sites for hydroxylation is 1. The predicted molar refractivity (Wildman–Crippen MR) is 125 cm³/mol. The van der Waals surface area contributed by atoms with E-state index >= 15 is 0 Å². The molecule has 1 aliphatic rings. The Bertz CT molecular complexity index is 1040. The summed E-state index contributed by atoms with van der Waals surface area (Å²) >= 11 is 0. The molecule has 1 heterocycles. The van der Waals surface area contributed by atoms with E-state index in [4.69, 9.17) is 0 Å². The van der Waals surface area contributed by atoms with E-state index in [1.54, 1.807) is 12.1 Å². The number of anilines is 1. The molecule has 1 aliphatic carbocycles. The molecule has 0 saturated heterocycles. The van der Waals surface area contributed by atoms with Crippen molar-refractivity contribution < 1.29 is 9.18 Å². The van der Waals surface area contributed by atoms with Crippen LogP contribution in [0.2, 0.25) is 0 Å². The maximum absolute atomic E-state index is 13.3. The molecule has 1 amide bonds. The molecule has 168 valence electrons. The predicted octanol–water partition coefficient (Wildman–Crippen LogP) is 5.40. The zero-order chi connectivity index (χ0) is 22.5. The summed E-state index contributed by atoms with van der Waals surface area (Å²) in [5.41, 5.74) is 4.46. The molecule has 0 unspecified atom stereocenters. The summed E-state index contributed by atoms with van der Waals surface area (Å²) in [4.78, 5) is 15.4. The molecule has 4 rings (SSSR count). The Balaban J connectivity index is 1.49. The van der Waals surface area contributed by atoms with Crippen LogP contribution in [0.15, 0.2) is 54.6 Å². The minimum atomic E-state index is -0.239. The number of aromatic nitrogens is 2. The van der Waals surface area contributed by atoms with Gasteiger partial charge in [0.05, 0.1) is 29.3 Å². The van der Waals surface area contributed by atoms with Crippen LogP contribution < -0.4 is 5.32 Å². The molecule has 0 spiro atoms. The molecular weight excluding hydrogens is 403 g/mol. The monoisotopic (exact) mass is 434 g/mol. The van der Waals surface area contributed by atoms with E-state index in [1.807, 2.05) is 48.9 Å². The first-order valence-corrected chi connectivity index (χ1v) is 11.4. The van der Waals surface area contributed by atoms with E-state index < -0.39 is 0 Å². The number of nitrogens with one attached hydrogen (secondary N) is 1. The minimum Gasteiger partial charge on any atom is -0.322 e. The first-order chi connectivity index (χ1) is 15.5. The molecule has 1 N–H and O–H groups in total. The van der Waals surface area contributed by atoms with Crippen molar-refractivity contribution in [3.05, 3.63) is 77.4 Å². The van der Waals surface area contributed by atoms with Crippen LogP contribution in [0.5, 0.6) is 0 Å². The Labute approximate surface area is 189 Å². The van der Waals surface area contributed by atoms with Gasteiger partial charge in [-0.2, -0.15) is 5.10 Å². The first kappa shape index (κ1) is 22.2. The highest BCUT2D eigenvalue weighted by molar-refractivity contribution is 5.93. The number of carbonyl (C=O) groups is 1. The van der Waals surface area contributed by atoms with Crippen LogP contribution in [0.1, 0.15) is 49.1 Å². The van der Waals surface area contributed by atoms with Crippen molar-refractivity contribution in [3.8, 4) is 5.69 Å². The van der Waals surface area contributed by atoms with E-state index in [0.717, 1.165) is 41.2 Å². The number of para-hydroxylation sites is 1. The minimum absolute atomic E-state index is 0.0449. The van der Waals surface area contributed by atoms with Gasteiger partial charge in [-0.1, -0.05) is 49.6 Å². The van der Waals surface area contributed by atoms with Gasteiger partial charge in [0.1, 0.15) is 5.82 Å². The normalized spacial score (nSPS) is 14.6. The van der Waals surface area contributed by atoms with Gasteiger partial charge in [-0.25, -0.2) is 9.07 Å². The molecule has 5 nitrogen and oxygen atoms in total. The van der Waals surface area contributed by atoms with Gasteiger partial charge in [-0.05, 0) is 56.5 Å². The highest BCUT2D eigenvalue weighted by atomic mass is 19.1. The summed E-state index contributed by atoms with van der Waals surface area (Å²) in [5, 5.41) is 7.74. The molecule has 1 aromatic heterocycles. The molecule has 0 atom stereocenters. The SMILES string of the molecule is Cc1nn(-c2ccccc2)c(C)c1NC(=O)CN(Cc1ccc(F)cc1)C1CCCCC1. The maximum atomic E-state index is 13.3. The number of hydrogen-bond donors (Lipinski definition) is 1. The lowest BCUT2D eigenvalue weighted by Gasteiger charge is -2.34. The van der Waals surface area contributed by atoms with Crippen molar-refractivity contribution in [1.29, 1.82) is 0 Å². The van der Waals surface area contributed by atoms with E-state index in [0.29, 0.717) is 19.1 Å². The molecule has 32 heavy (non-hydrogen) atoms. The van der Waals surface area contributed by atoms with Crippen LogP contribution in [0.3, 0.4) is 0 Å². The lowest BCUT2D eigenvalue weighted by Crippen LogP contribution is -2.41. The quantitative estimate of drug-likeness (QED) is 0.542. The molecule has 2 aromatic carbocycles. The number of carbonyl (C=O) groups excluding carboxylic acids is 1. The molecule has 6 heteroatoms. The number of benzene rings is 2. The summed E-state index contributed by atoms with van der Waals surface area (Å²) in [6.45, 7) is 4.83. The lowest BCUT2D eigenvalue weighted by molar-refractivity contribution is -0.118. The third-order valence-electron chi connectivity index (χ3n) is 6.29. The van der Waals surface area contributed by atoms with Gasteiger partial charge < -0.3 is 5.32 Å². The Morgan fingerprint density at radius 1 is 1.06 bits per heavy atom. The second kappa shape index (κ2) is 10.1. The standard InChI is InChI=1S/C26H31FN4O/c1-19-26(20(2)31(29-19)24-11-7-4-8-12-24)28-25(32)18-30(23-9-5-3-6-10-23)17-21-13-15-22(27)16-14-21/h4,7-8,11-16,23H,3,5-6,9-10,17-18H2,1-2H3,(H,28,32). The van der Waals surface area contributed by atoms with Crippen molar-refractivity contribution in [2.45, 2.75) is 58.5 Å². The van der Waals surface area contributed by atoms with Crippen LogP contribution in [-0.2, 0) is 11.3 Å². The van der Waals surface area contributed by atoms with Crippen LogP contribution in [0.4, 0.5) is 10.1 Å². The Kier molecular flexibility index (Phi) is 7.00. The zero-order valence-electron chi connectivity index (χ0n) is 18.9. The topological polar surface area (TPSA) is 50.2 Å². The molecular formula is C26H31FN4O. The molecule has 0 aliphatic heterocycles. The van der Waals surface area contributed by atoms with Crippen LogP contribution >= 0.6 is 0 Å².